The average Bonchev–Trinajstić information content (AvgIpc) is 2.16. The Morgan fingerprint density at radius 3 is 2.44 bits per heavy atom. The van der Waals surface area contributed by atoms with Gasteiger partial charge >= 0.3 is 5.97 Å². The molecule has 0 aliphatic rings. The van der Waals surface area contributed by atoms with E-state index in [1.165, 1.54) is 0 Å². The van der Waals surface area contributed by atoms with Crippen LogP contribution >= 0.6 is 0 Å². The molecule has 5 heteroatoms. The van der Waals surface area contributed by atoms with Gasteiger partial charge < -0.3 is 15.2 Å². The fourth-order valence-electron chi connectivity index (χ4n) is 1.24. The summed E-state index contributed by atoms with van der Waals surface area (Å²) in [6.07, 6.45) is 1.26. The third-order valence-electron chi connectivity index (χ3n) is 1.92. The van der Waals surface area contributed by atoms with Crippen LogP contribution < -0.4 is 5.32 Å². The van der Waals surface area contributed by atoms with Crippen molar-refractivity contribution in [2.45, 2.75) is 39.7 Å². The minimum atomic E-state index is -1.00. The summed E-state index contributed by atoms with van der Waals surface area (Å²) in [7, 11) is 0. The Hall–Kier alpha value is -1.10. The molecule has 0 saturated heterocycles. The highest BCUT2D eigenvalue weighted by atomic mass is 16.5. The van der Waals surface area contributed by atoms with Gasteiger partial charge in [-0.2, -0.15) is 0 Å². The van der Waals surface area contributed by atoms with E-state index in [-0.39, 0.29) is 18.4 Å². The van der Waals surface area contributed by atoms with Gasteiger partial charge in [0.25, 0.3) is 0 Å². The van der Waals surface area contributed by atoms with Crippen LogP contribution in [0.15, 0.2) is 0 Å². The maximum atomic E-state index is 11.3. The van der Waals surface area contributed by atoms with Gasteiger partial charge in [-0.25, -0.2) is 4.79 Å². The van der Waals surface area contributed by atoms with Crippen LogP contribution in [0, 0.1) is 5.92 Å². The molecule has 0 rings (SSSR count). The molecule has 0 bridgehead atoms. The lowest BCUT2D eigenvalue weighted by Gasteiger charge is -2.16. The molecule has 5 nitrogen and oxygen atoms in total. The number of rotatable bonds is 8. The van der Waals surface area contributed by atoms with Crippen molar-refractivity contribution in [3.05, 3.63) is 0 Å². The number of carbonyl (C=O) groups is 2. The lowest BCUT2D eigenvalue weighted by Crippen LogP contribution is -2.43. The maximum Gasteiger partial charge on any atom is 0.326 e. The van der Waals surface area contributed by atoms with Crippen molar-refractivity contribution in [3.8, 4) is 0 Å². The van der Waals surface area contributed by atoms with E-state index in [1.54, 1.807) is 0 Å². The van der Waals surface area contributed by atoms with E-state index in [2.05, 4.69) is 5.32 Å². The summed E-state index contributed by atoms with van der Waals surface area (Å²) in [5, 5.41) is 11.3. The van der Waals surface area contributed by atoms with E-state index < -0.39 is 12.0 Å². The molecule has 0 aromatic heterocycles. The monoisotopic (exact) mass is 231 g/mol. The Labute approximate surface area is 96.2 Å². The number of hydrogen-bond acceptors (Lipinski definition) is 3. The third kappa shape index (κ3) is 7.23. The van der Waals surface area contributed by atoms with Crippen molar-refractivity contribution in [1.29, 1.82) is 0 Å². The second-order valence-corrected chi connectivity index (χ2v) is 4.14. The van der Waals surface area contributed by atoms with E-state index in [4.69, 9.17) is 9.84 Å². The fourth-order valence-corrected chi connectivity index (χ4v) is 1.24. The second-order valence-electron chi connectivity index (χ2n) is 4.14. The Bertz CT molecular complexity index is 228. The van der Waals surface area contributed by atoms with Crippen LogP contribution in [-0.4, -0.2) is 36.2 Å². The predicted octanol–water partition coefficient (Wildman–Crippen LogP) is 1.03. The number of carbonyl (C=O) groups excluding carboxylic acids is 1. The molecular formula is C11H21NO4. The SMILES string of the molecule is CCCOCC(=O)N[C@@H](CC(C)C)C(=O)O. The molecule has 1 atom stereocenters. The smallest absolute Gasteiger partial charge is 0.326 e. The molecule has 2 N–H and O–H groups in total. The minimum absolute atomic E-state index is 0.0737. The number of nitrogens with one attached hydrogen (secondary N) is 1. The van der Waals surface area contributed by atoms with Gasteiger partial charge in [-0.3, -0.25) is 4.79 Å². The fraction of sp³-hybridized carbons (Fsp3) is 0.818. The number of carboxylic acid groups (broad SMARTS) is 1. The van der Waals surface area contributed by atoms with Crippen LogP contribution in [0.4, 0.5) is 0 Å². The summed E-state index contributed by atoms with van der Waals surface area (Å²) < 4.78 is 5.03. The van der Waals surface area contributed by atoms with Crippen LogP contribution in [0.3, 0.4) is 0 Å². The van der Waals surface area contributed by atoms with E-state index in [1.807, 2.05) is 20.8 Å². The molecule has 0 aliphatic carbocycles. The maximum absolute atomic E-state index is 11.3. The molecule has 1 amide bonds. The molecule has 0 aromatic rings. The first kappa shape index (κ1) is 14.9. The van der Waals surface area contributed by atoms with Gasteiger partial charge in [0.1, 0.15) is 12.6 Å². The van der Waals surface area contributed by atoms with Gasteiger partial charge in [-0.1, -0.05) is 20.8 Å². The number of amides is 1. The highest BCUT2D eigenvalue weighted by Crippen LogP contribution is 2.04. The highest BCUT2D eigenvalue weighted by molar-refractivity contribution is 5.84. The van der Waals surface area contributed by atoms with Crippen LogP contribution in [0.25, 0.3) is 0 Å². The third-order valence-corrected chi connectivity index (χ3v) is 1.92. The minimum Gasteiger partial charge on any atom is -0.480 e. The van der Waals surface area contributed by atoms with Crippen molar-refractivity contribution in [2.75, 3.05) is 13.2 Å². The van der Waals surface area contributed by atoms with Crippen molar-refractivity contribution in [1.82, 2.24) is 5.32 Å². The first-order valence-corrected chi connectivity index (χ1v) is 5.57. The Morgan fingerprint density at radius 2 is 2.00 bits per heavy atom. The molecule has 0 heterocycles. The van der Waals surface area contributed by atoms with Crippen molar-refractivity contribution in [3.63, 3.8) is 0 Å². The summed E-state index contributed by atoms with van der Waals surface area (Å²) in [4.78, 5) is 22.2. The van der Waals surface area contributed by atoms with E-state index in [0.29, 0.717) is 13.0 Å². The molecule has 0 radical (unpaired) electrons. The Kier molecular flexibility index (Phi) is 7.54. The summed E-state index contributed by atoms with van der Waals surface area (Å²) in [5.74, 6) is -1.16. The van der Waals surface area contributed by atoms with Crippen LogP contribution in [-0.2, 0) is 14.3 Å². The molecule has 0 fully saturated rings. The zero-order valence-corrected chi connectivity index (χ0v) is 10.2. The van der Waals surface area contributed by atoms with Gasteiger partial charge in [0.2, 0.25) is 5.91 Å². The van der Waals surface area contributed by atoms with Crippen LogP contribution in [0.2, 0.25) is 0 Å². The van der Waals surface area contributed by atoms with Crippen molar-refractivity contribution >= 4 is 11.9 Å². The highest BCUT2D eigenvalue weighted by Gasteiger charge is 2.20. The number of aliphatic carboxylic acids is 1. The topological polar surface area (TPSA) is 75.6 Å². The Morgan fingerprint density at radius 1 is 1.38 bits per heavy atom. The average molecular weight is 231 g/mol. The number of ether oxygens (including phenoxy) is 1. The lowest BCUT2D eigenvalue weighted by molar-refractivity contribution is -0.143. The van der Waals surface area contributed by atoms with Gasteiger partial charge in [-0.05, 0) is 18.8 Å². The first-order valence-electron chi connectivity index (χ1n) is 5.57. The van der Waals surface area contributed by atoms with E-state index in [9.17, 15) is 9.59 Å². The first-order chi connectivity index (χ1) is 7.47. The van der Waals surface area contributed by atoms with Crippen LogP contribution in [0.1, 0.15) is 33.6 Å². The molecule has 94 valence electrons. The predicted molar refractivity (Wildman–Crippen MR) is 60.1 cm³/mol. The largest absolute Gasteiger partial charge is 0.480 e. The number of carboxylic acids is 1. The zero-order chi connectivity index (χ0) is 12.6. The summed E-state index contributed by atoms with van der Waals surface area (Å²) in [5.41, 5.74) is 0. The Balaban J connectivity index is 3.98. The molecule has 0 spiro atoms. The summed E-state index contributed by atoms with van der Waals surface area (Å²) >= 11 is 0. The summed E-state index contributed by atoms with van der Waals surface area (Å²) in [6, 6.07) is -0.822. The number of hydrogen-bond donors (Lipinski definition) is 2. The quantitative estimate of drug-likeness (QED) is 0.612. The summed E-state index contributed by atoms with van der Waals surface area (Å²) in [6.45, 7) is 6.20. The van der Waals surface area contributed by atoms with Gasteiger partial charge in [0.15, 0.2) is 0 Å². The normalized spacial score (nSPS) is 12.5. The molecule has 16 heavy (non-hydrogen) atoms. The molecule has 0 saturated carbocycles. The zero-order valence-electron chi connectivity index (χ0n) is 10.2. The van der Waals surface area contributed by atoms with Gasteiger partial charge in [0.05, 0.1) is 0 Å². The van der Waals surface area contributed by atoms with Gasteiger partial charge in [-0.15, -0.1) is 0 Å². The standard InChI is InChI=1S/C11H21NO4/c1-4-5-16-7-10(13)12-9(11(14)15)6-8(2)3/h8-9H,4-7H2,1-3H3,(H,12,13)(H,14,15)/t9-/m0/s1. The molecule has 0 aliphatic heterocycles. The van der Waals surface area contributed by atoms with Crippen molar-refractivity contribution in [2.24, 2.45) is 5.92 Å². The van der Waals surface area contributed by atoms with E-state index in [0.717, 1.165) is 6.42 Å². The second kappa shape index (κ2) is 8.10. The molecule has 0 aromatic carbocycles. The van der Waals surface area contributed by atoms with E-state index >= 15 is 0 Å². The molecular weight excluding hydrogens is 210 g/mol. The molecule has 0 unspecified atom stereocenters. The van der Waals surface area contributed by atoms with Gasteiger partial charge in [0, 0.05) is 6.61 Å². The van der Waals surface area contributed by atoms with Crippen LogP contribution in [0.5, 0.6) is 0 Å². The van der Waals surface area contributed by atoms with Crippen molar-refractivity contribution < 1.29 is 19.4 Å². The lowest BCUT2D eigenvalue weighted by atomic mass is 10.0.